The number of hydrogen-bond donors (Lipinski definition) is 0. The van der Waals surface area contributed by atoms with Gasteiger partial charge >= 0.3 is 5.97 Å². The van der Waals surface area contributed by atoms with Crippen LogP contribution in [0.3, 0.4) is 0 Å². The molecular weight excluding hydrogens is 395 g/mol. The van der Waals surface area contributed by atoms with E-state index in [-0.39, 0.29) is 12.2 Å². The third kappa shape index (κ3) is 4.63. The number of aromatic nitrogens is 1. The van der Waals surface area contributed by atoms with Gasteiger partial charge in [-0.1, -0.05) is 24.1 Å². The highest BCUT2D eigenvalue weighted by molar-refractivity contribution is 7.89. The zero-order valence-corrected chi connectivity index (χ0v) is 16.0. The summed E-state index contributed by atoms with van der Waals surface area (Å²) in [5.74, 6) is -1.64. The summed E-state index contributed by atoms with van der Waals surface area (Å²) >= 11 is 5.69. The number of carbonyl (C=O) groups excluding carboxylic acids is 1. The van der Waals surface area contributed by atoms with Crippen LogP contribution >= 0.6 is 11.6 Å². The molecule has 1 aliphatic heterocycles. The molecule has 1 fully saturated rings. The molecule has 0 bridgehead atoms. The molecule has 2 heterocycles. The average molecular weight is 413 g/mol. The molecule has 3 rings (SSSR count). The quantitative estimate of drug-likeness (QED) is 0.555. The lowest BCUT2D eigenvalue weighted by molar-refractivity contribution is 0.0472. The van der Waals surface area contributed by atoms with Crippen molar-refractivity contribution >= 4 is 27.6 Å². The maximum atomic E-state index is 14.2. The summed E-state index contributed by atoms with van der Waals surface area (Å²) in [6.07, 6.45) is 3.88. The lowest BCUT2D eigenvalue weighted by Crippen LogP contribution is -2.36. The molecule has 0 spiro atoms. The number of halogens is 2. The smallest absolute Gasteiger partial charge is 0.338 e. The third-order valence-electron chi connectivity index (χ3n) is 4.26. The molecule has 0 saturated carbocycles. The van der Waals surface area contributed by atoms with Crippen LogP contribution in [0.1, 0.15) is 35.2 Å². The van der Waals surface area contributed by atoms with Crippen molar-refractivity contribution in [1.29, 1.82) is 0 Å². The molecule has 9 heteroatoms. The van der Waals surface area contributed by atoms with Crippen molar-refractivity contribution in [2.45, 2.75) is 30.8 Å². The van der Waals surface area contributed by atoms with Crippen molar-refractivity contribution in [3.8, 4) is 0 Å². The van der Waals surface area contributed by atoms with Crippen LogP contribution in [-0.2, 0) is 21.4 Å². The van der Waals surface area contributed by atoms with Gasteiger partial charge in [-0.15, -0.1) is 0 Å². The predicted octanol–water partition coefficient (Wildman–Crippen LogP) is 3.41. The summed E-state index contributed by atoms with van der Waals surface area (Å²) in [7, 11) is -3.99. The van der Waals surface area contributed by atoms with Gasteiger partial charge in [-0.05, 0) is 37.1 Å². The Balaban J connectivity index is 1.77. The van der Waals surface area contributed by atoms with Crippen molar-refractivity contribution in [3.05, 3.63) is 58.6 Å². The number of pyridine rings is 1. The number of benzene rings is 1. The van der Waals surface area contributed by atoms with Gasteiger partial charge in [0.1, 0.15) is 22.5 Å². The lowest BCUT2D eigenvalue weighted by atomic mass is 10.2. The fourth-order valence-electron chi connectivity index (χ4n) is 2.80. The molecule has 0 aliphatic carbocycles. The van der Waals surface area contributed by atoms with Crippen LogP contribution in [-0.4, -0.2) is 36.8 Å². The maximum absolute atomic E-state index is 14.2. The lowest BCUT2D eigenvalue weighted by Gasteiger charge is -2.26. The topological polar surface area (TPSA) is 76.6 Å². The van der Waals surface area contributed by atoms with Crippen molar-refractivity contribution < 1.29 is 22.3 Å². The largest absolute Gasteiger partial charge is 0.457 e. The molecule has 2 aromatic rings. The Morgan fingerprint density at radius 3 is 2.59 bits per heavy atom. The average Bonchev–Trinajstić information content (AvgIpc) is 2.68. The number of carbonyl (C=O) groups is 1. The number of esters is 1. The molecule has 1 saturated heterocycles. The van der Waals surface area contributed by atoms with Crippen LogP contribution in [0.2, 0.25) is 5.15 Å². The first-order valence-corrected chi connectivity index (χ1v) is 10.3. The Bertz CT molecular complexity index is 929. The highest BCUT2D eigenvalue weighted by Gasteiger charge is 2.29. The van der Waals surface area contributed by atoms with Crippen molar-refractivity contribution in [1.82, 2.24) is 9.29 Å². The first-order valence-electron chi connectivity index (χ1n) is 8.45. The highest BCUT2D eigenvalue weighted by Crippen LogP contribution is 2.24. The number of nitrogens with zero attached hydrogens (tertiary/aromatic N) is 2. The molecule has 6 nitrogen and oxygen atoms in total. The van der Waals surface area contributed by atoms with Crippen LogP contribution in [0.4, 0.5) is 4.39 Å². The fraction of sp³-hybridized carbons (Fsp3) is 0.333. The van der Waals surface area contributed by atoms with Crippen LogP contribution in [0.15, 0.2) is 41.4 Å². The molecule has 1 aliphatic rings. The molecule has 27 heavy (non-hydrogen) atoms. The van der Waals surface area contributed by atoms with Crippen LogP contribution in [0.25, 0.3) is 0 Å². The summed E-state index contributed by atoms with van der Waals surface area (Å²) in [5.41, 5.74) is 0.588. The minimum atomic E-state index is -3.99. The third-order valence-corrected chi connectivity index (χ3v) is 6.40. The minimum Gasteiger partial charge on any atom is -0.457 e. The Hall–Kier alpha value is -2.03. The molecule has 1 aromatic heterocycles. The Kier molecular flexibility index (Phi) is 6.08. The SMILES string of the molecule is O=C(OCc1ccc(Cl)nc1)c1ccc(F)c(S(=O)(=O)N2CCCCC2)c1. The summed E-state index contributed by atoms with van der Waals surface area (Å²) in [4.78, 5) is 15.6. The number of ether oxygens (including phenoxy) is 1. The van der Waals surface area contributed by atoms with E-state index < -0.39 is 26.7 Å². The highest BCUT2D eigenvalue weighted by atomic mass is 35.5. The summed E-state index contributed by atoms with van der Waals surface area (Å²) < 4.78 is 46.0. The van der Waals surface area contributed by atoms with E-state index in [1.807, 2.05) is 0 Å². The van der Waals surface area contributed by atoms with E-state index in [9.17, 15) is 17.6 Å². The van der Waals surface area contributed by atoms with Gasteiger partial charge in [0.2, 0.25) is 10.0 Å². The van der Waals surface area contributed by atoms with Gasteiger partial charge in [0.15, 0.2) is 0 Å². The van der Waals surface area contributed by atoms with Gasteiger partial charge < -0.3 is 4.74 Å². The van der Waals surface area contributed by atoms with Gasteiger partial charge in [0.25, 0.3) is 0 Å². The minimum absolute atomic E-state index is 0.0334. The van der Waals surface area contributed by atoms with Crippen molar-refractivity contribution in [2.75, 3.05) is 13.1 Å². The molecular formula is C18H18ClFN2O4S. The van der Waals surface area contributed by atoms with Crippen LogP contribution in [0, 0.1) is 5.82 Å². The molecule has 1 aromatic carbocycles. The van der Waals surface area contributed by atoms with Crippen molar-refractivity contribution in [2.24, 2.45) is 0 Å². The number of hydrogen-bond acceptors (Lipinski definition) is 5. The molecule has 0 N–H and O–H groups in total. The predicted molar refractivity (Wildman–Crippen MR) is 97.4 cm³/mol. The monoisotopic (exact) mass is 412 g/mol. The van der Waals surface area contributed by atoms with E-state index in [2.05, 4.69) is 4.98 Å². The number of sulfonamides is 1. The Morgan fingerprint density at radius 2 is 1.93 bits per heavy atom. The van der Waals surface area contributed by atoms with E-state index >= 15 is 0 Å². The van der Waals surface area contributed by atoms with Gasteiger partial charge in [-0.25, -0.2) is 22.6 Å². The van der Waals surface area contributed by atoms with Crippen LogP contribution in [0.5, 0.6) is 0 Å². The van der Waals surface area contributed by atoms with E-state index in [1.54, 1.807) is 12.1 Å². The van der Waals surface area contributed by atoms with E-state index in [0.717, 1.165) is 31.4 Å². The number of piperidine rings is 1. The molecule has 0 amide bonds. The van der Waals surface area contributed by atoms with E-state index in [4.69, 9.17) is 16.3 Å². The Labute approximate surface area is 162 Å². The Morgan fingerprint density at radius 1 is 1.19 bits per heavy atom. The molecule has 0 radical (unpaired) electrons. The summed E-state index contributed by atoms with van der Waals surface area (Å²) in [6, 6.07) is 6.41. The second-order valence-corrected chi connectivity index (χ2v) is 8.47. The molecule has 0 atom stereocenters. The fourth-order valence-corrected chi connectivity index (χ4v) is 4.52. The second kappa shape index (κ2) is 8.33. The van der Waals surface area contributed by atoms with E-state index in [0.29, 0.717) is 23.8 Å². The summed E-state index contributed by atoms with van der Waals surface area (Å²) in [6.45, 7) is 0.634. The zero-order valence-electron chi connectivity index (χ0n) is 14.4. The van der Waals surface area contributed by atoms with Crippen molar-refractivity contribution in [3.63, 3.8) is 0 Å². The maximum Gasteiger partial charge on any atom is 0.338 e. The van der Waals surface area contributed by atoms with Gasteiger partial charge in [0.05, 0.1) is 5.56 Å². The normalized spacial score (nSPS) is 15.5. The first kappa shape index (κ1) is 19.7. The van der Waals surface area contributed by atoms with Crippen LogP contribution < -0.4 is 0 Å². The standard InChI is InChI=1S/C18H18ClFN2O4S/c19-17-7-4-13(11-21-17)12-26-18(23)14-5-6-15(20)16(10-14)27(24,25)22-8-2-1-3-9-22/h4-7,10-11H,1-3,8-9,12H2. The molecule has 0 unspecified atom stereocenters. The zero-order chi connectivity index (χ0) is 19.4. The van der Waals surface area contributed by atoms with Gasteiger partial charge in [-0.3, -0.25) is 0 Å². The summed E-state index contributed by atoms with van der Waals surface area (Å²) in [5, 5.41) is 0.316. The van der Waals surface area contributed by atoms with E-state index in [1.165, 1.54) is 16.6 Å². The number of rotatable bonds is 5. The van der Waals surface area contributed by atoms with Gasteiger partial charge in [0, 0.05) is 24.8 Å². The van der Waals surface area contributed by atoms with Gasteiger partial charge in [-0.2, -0.15) is 4.31 Å². The molecule has 144 valence electrons. The second-order valence-electron chi connectivity index (χ2n) is 6.18. The first-order chi connectivity index (χ1) is 12.9.